The van der Waals surface area contributed by atoms with E-state index in [2.05, 4.69) is 15.4 Å². The largest absolute Gasteiger partial charge is 0.497 e. The van der Waals surface area contributed by atoms with E-state index in [-0.39, 0.29) is 11.5 Å². The molecule has 0 aliphatic rings. The number of nitrogens with one attached hydrogen (secondary N) is 1. The van der Waals surface area contributed by atoms with Gasteiger partial charge in [0.05, 0.1) is 18.5 Å². The quantitative estimate of drug-likeness (QED) is 0.730. The molecule has 3 aromatic rings. The number of nitrogens with zero attached hydrogens (tertiary/aromatic N) is 3. The molecule has 0 fully saturated rings. The molecular weight excluding hydrogens is 364 g/mol. The van der Waals surface area contributed by atoms with E-state index in [0.29, 0.717) is 10.8 Å². The fourth-order valence-electron chi connectivity index (χ4n) is 2.47. The molecule has 27 heavy (non-hydrogen) atoms. The lowest BCUT2D eigenvalue weighted by molar-refractivity contribution is -0.119. The van der Waals surface area contributed by atoms with Gasteiger partial charge in [0, 0.05) is 16.5 Å². The summed E-state index contributed by atoms with van der Waals surface area (Å²) in [6.07, 6.45) is 0. The van der Waals surface area contributed by atoms with Crippen molar-refractivity contribution >= 4 is 22.4 Å². The van der Waals surface area contributed by atoms with Crippen molar-refractivity contribution < 1.29 is 9.53 Å². The minimum Gasteiger partial charge on any atom is -0.497 e. The van der Waals surface area contributed by atoms with Crippen LogP contribution in [0.5, 0.6) is 5.75 Å². The number of hydrogen-bond donors (Lipinski definition) is 1. The van der Waals surface area contributed by atoms with E-state index >= 15 is 0 Å². The Bertz CT molecular complexity index is 1000. The molecule has 7 nitrogen and oxygen atoms in total. The SMILES string of the molecule is COc1ccc(-c2ccc(=O)n(C(C)C(=O)Nc3nc(C)c(C)s3)n2)cc1. The van der Waals surface area contributed by atoms with E-state index in [9.17, 15) is 9.59 Å². The molecule has 3 rings (SSSR count). The van der Waals surface area contributed by atoms with Crippen molar-refractivity contribution in [3.8, 4) is 17.0 Å². The summed E-state index contributed by atoms with van der Waals surface area (Å²) in [5, 5.41) is 7.64. The summed E-state index contributed by atoms with van der Waals surface area (Å²) in [4.78, 5) is 30.1. The van der Waals surface area contributed by atoms with Crippen molar-refractivity contribution in [3.05, 3.63) is 57.3 Å². The predicted octanol–water partition coefficient (Wildman–Crippen LogP) is 3.19. The maximum absolute atomic E-state index is 12.6. The second kappa shape index (κ2) is 7.71. The minimum absolute atomic E-state index is 0.342. The molecule has 0 radical (unpaired) electrons. The molecule has 0 aliphatic heterocycles. The van der Waals surface area contributed by atoms with Gasteiger partial charge in [0.1, 0.15) is 11.8 Å². The highest BCUT2D eigenvalue weighted by Gasteiger charge is 2.19. The number of methoxy groups -OCH3 is 1. The molecule has 0 aliphatic carbocycles. The number of anilines is 1. The Morgan fingerprint density at radius 3 is 2.48 bits per heavy atom. The number of hydrogen-bond acceptors (Lipinski definition) is 6. The van der Waals surface area contributed by atoms with E-state index in [1.807, 2.05) is 38.1 Å². The van der Waals surface area contributed by atoms with E-state index in [4.69, 9.17) is 4.74 Å². The molecule has 1 atom stereocenters. The Morgan fingerprint density at radius 1 is 1.19 bits per heavy atom. The summed E-state index contributed by atoms with van der Waals surface area (Å²) in [5.74, 6) is 0.388. The average Bonchev–Trinajstić information content (AvgIpc) is 2.98. The third-order valence-electron chi connectivity index (χ3n) is 4.22. The lowest BCUT2D eigenvalue weighted by Crippen LogP contribution is -2.33. The third-order valence-corrected chi connectivity index (χ3v) is 5.20. The van der Waals surface area contributed by atoms with Gasteiger partial charge in [0.25, 0.3) is 11.5 Å². The summed E-state index contributed by atoms with van der Waals surface area (Å²) in [6.45, 7) is 5.46. The van der Waals surface area contributed by atoms with E-state index in [1.165, 1.54) is 22.1 Å². The monoisotopic (exact) mass is 384 g/mol. The van der Waals surface area contributed by atoms with Crippen molar-refractivity contribution in [2.45, 2.75) is 26.8 Å². The summed E-state index contributed by atoms with van der Waals surface area (Å²) in [7, 11) is 1.60. The Labute approximate surface area is 160 Å². The van der Waals surface area contributed by atoms with Gasteiger partial charge in [-0.1, -0.05) is 0 Å². The van der Waals surface area contributed by atoms with Crippen LogP contribution < -0.4 is 15.6 Å². The summed E-state index contributed by atoms with van der Waals surface area (Å²) in [6, 6.07) is 9.60. The van der Waals surface area contributed by atoms with Gasteiger partial charge in [-0.2, -0.15) is 5.10 Å². The van der Waals surface area contributed by atoms with Gasteiger partial charge < -0.3 is 10.1 Å². The summed E-state index contributed by atoms with van der Waals surface area (Å²) in [5.41, 5.74) is 1.95. The first kappa shape index (κ1) is 18.8. The maximum atomic E-state index is 12.6. The van der Waals surface area contributed by atoms with E-state index < -0.39 is 6.04 Å². The highest BCUT2D eigenvalue weighted by Crippen LogP contribution is 2.23. The van der Waals surface area contributed by atoms with Crippen LogP contribution in [0.3, 0.4) is 0 Å². The Kier molecular flexibility index (Phi) is 5.36. The zero-order valence-corrected chi connectivity index (χ0v) is 16.3. The molecule has 0 saturated carbocycles. The Balaban J connectivity index is 1.86. The molecule has 2 heterocycles. The molecule has 140 valence electrons. The maximum Gasteiger partial charge on any atom is 0.267 e. The van der Waals surface area contributed by atoms with Crippen molar-refractivity contribution in [2.75, 3.05) is 12.4 Å². The number of amides is 1. The first-order valence-corrected chi connectivity index (χ1v) is 9.20. The number of benzene rings is 1. The fraction of sp³-hybridized carbons (Fsp3) is 0.263. The van der Waals surface area contributed by atoms with E-state index in [0.717, 1.165) is 21.9 Å². The smallest absolute Gasteiger partial charge is 0.267 e. The molecule has 1 aromatic carbocycles. The normalized spacial score (nSPS) is 11.9. The zero-order valence-electron chi connectivity index (χ0n) is 15.5. The van der Waals surface area contributed by atoms with Crippen molar-refractivity contribution in [1.29, 1.82) is 0 Å². The number of aromatic nitrogens is 3. The summed E-state index contributed by atoms with van der Waals surface area (Å²) >= 11 is 1.40. The van der Waals surface area contributed by atoms with Crippen LogP contribution in [0.25, 0.3) is 11.3 Å². The van der Waals surface area contributed by atoms with Crippen molar-refractivity contribution in [2.24, 2.45) is 0 Å². The number of carbonyl (C=O) groups is 1. The first-order chi connectivity index (χ1) is 12.9. The number of ether oxygens (including phenoxy) is 1. The van der Waals surface area contributed by atoms with Gasteiger partial charge in [-0.25, -0.2) is 9.67 Å². The predicted molar refractivity (Wildman–Crippen MR) is 105 cm³/mol. The van der Waals surface area contributed by atoms with Crippen LogP contribution in [-0.2, 0) is 4.79 Å². The van der Waals surface area contributed by atoms with Gasteiger partial charge in [0.2, 0.25) is 0 Å². The van der Waals surface area contributed by atoms with E-state index in [1.54, 1.807) is 20.1 Å². The van der Waals surface area contributed by atoms with Gasteiger partial charge in [0.15, 0.2) is 5.13 Å². The first-order valence-electron chi connectivity index (χ1n) is 8.38. The van der Waals surface area contributed by atoms with Crippen LogP contribution in [0.1, 0.15) is 23.5 Å². The van der Waals surface area contributed by atoms with Crippen LogP contribution in [-0.4, -0.2) is 27.8 Å². The minimum atomic E-state index is -0.778. The topological polar surface area (TPSA) is 86.1 Å². The molecular formula is C19H20N4O3S. The number of aryl methyl sites for hydroxylation is 2. The van der Waals surface area contributed by atoms with Crippen molar-refractivity contribution in [1.82, 2.24) is 14.8 Å². The van der Waals surface area contributed by atoms with Crippen LogP contribution >= 0.6 is 11.3 Å². The standard InChI is InChI=1S/C19H20N4O3S/c1-11-13(3)27-19(20-11)21-18(25)12(2)23-17(24)10-9-16(22-23)14-5-7-15(26-4)8-6-14/h5-10,12H,1-4H3,(H,20,21,25). The van der Waals surface area contributed by atoms with Crippen LogP contribution in [0.2, 0.25) is 0 Å². The lowest BCUT2D eigenvalue weighted by Gasteiger charge is -2.14. The Morgan fingerprint density at radius 2 is 1.89 bits per heavy atom. The van der Waals surface area contributed by atoms with Crippen LogP contribution in [0.15, 0.2) is 41.2 Å². The van der Waals surface area contributed by atoms with Gasteiger partial charge in [-0.3, -0.25) is 9.59 Å². The molecule has 1 N–H and O–H groups in total. The van der Waals surface area contributed by atoms with Crippen LogP contribution in [0, 0.1) is 13.8 Å². The second-order valence-corrected chi connectivity index (χ2v) is 7.26. The van der Waals surface area contributed by atoms with Gasteiger partial charge in [-0.15, -0.1) is 11.3 Å². The van der Waals surface area contributed by atoms with Crippen LogP contribution in [0.4, 0.5) is 5.13 Å². The molecule has 2 aromatic heterocycles. The highest BCUT2D eigenvalue weighted by molar-refractivity contribution is 7.15. The average molecular weight is 384 g/mol. The second-order valence-electron chi connectivity index (χ2n) is 6.06. The summed E-state index contributed by atoms with van der Waals surface area (Å²) < 4.78 is 6.33. The lowest BCUT2D eigenvalue weighted by atomic mass is 10.1. The van der Waals surface area contributed by atoms with Gasteiger partial charge in [-0.05, 0) is 51.1 Å². The fourth-order valence-corrected chi connectivity index (χ4v) is 3.28. The molecule has 0 saturated heterocycles. The third kappa shape index (κ3) is 4.06. The number of thiazole rings is 1. The molecule has 8 heteroatoms. The molecule has 0 bridgehead atoms. The molecule has 1 amide bonds. The molecule has 0 spiro atoms. The molecule has 1 unspecified atom stereocenters. The number of rotatable bonds is 5. The Hall–Kier alpha value is -3.00. The number of carbonyl (C=O) groups excluding carboxylic acids is 1. The van der Waals surface area contributed by atoms with Crippen molar-refractivity contribution in [3.63, 3.8) is 0 Å². The van der Waals surface area contributed by atoms with Gasteiger partial charge >= 0.3 is 0 Å². The highest BCUT2D eigenvalue weighted by atomic mass is 32.1. The zero-order chi connectivity index (χ0) is 19.6.